The molecule has 0 spiro atoms. The number of hydrogen-bond donors (Lipinski definition) is 0. The van der Waals surface area contributed by atoms with Gasteiger partial charge in [-0.25, -0.2) is 4.79 Å². The lowest BCUT2D eigenvalue weighted by Crippen LogP contribution is -2.42. The van der Waals surface area contributed by atoms with Crippen molar-refractivity contribution in [1.82, 2.24) is 4.90 Å². The van der Waals surface area contributed by atoms with E-state index in [1.165, 1.54) is 24.7 Å². The number of carbonyl (C=O) groups is 1. The quantitative estimate of drug-likeness (QED) is 0.632. The number of likely N-dealkylation sites (N-methyl/N-ethyl adjacent to an activating group) is 1. The van der Waals surface area contributed by atoms with Crippen molar-refractivity contribution < 1.29 is 9.53 Å². The number of nitrogens with zero attached hydrogens (tertiary/aromatic N) is 1. The third-order valence-corrected chi connectivity index (χ3v) is 5.06. The number of esters is 1. The lowest BCUT2D eigenvalue weighted by atomic mass is 9.81. The molecule has 112 valence electrons. The van der Waals surface area contributed by atoms with Crippen molar-refractivity contribution in [2.75, 3.05) is 14.2 Å². The predicted octanol–water partition coefficient (Wildman–Crippen LogP) is 2.81. The van der Waals surface area contributed by atoms with Crippen LogP contribution in [0, 0.1) is 5.92 Å². The lowest BCUT2D eigenvalue weighted by molar-refractivity contribution is -0.135. The summed E-state index contributed by atoms with van der Waals surface area (Å²) in [5.74, 6) is 0.238. The number of methoxy groups -OCH3 is 1. The molecule has 0 amide bonds. The first-order valence-corrected chi connectivity index (χ1v) is 7.74. The summed E-state index contributed by atoms with van der Waals surface area (Å²) < 4.78 is 4.86. The number of ether oxygens (including phenoxy) is 1. The molecule has 2 bridgehead atoms. The Balaban J connectivity index is 1.86. The van der Waals surface area contributed by atoms with Crippen molar-refractivity contribution in [3.8, 4) is 0 Å². The predicted molar refractivity (Wildman–Crippen MR) is 82.9 cm³/mol. The molecule has 21 heavy (non-hydrogen) atoms. The summed E-state index contributed by atoms with van der Waals surface area (Å²) >= 11 is 0. The van der Waals surface area contributed by atoms with Gasteiger partial charge in [-0.1, -0.05) is 30.3 Å². The van der Waals surface area contributed by atoms with Gasteiger partial charge in [-0.3, -0.25) is 4.90 Å². The second-order valence-electron chi connectivity index (χ2n) is 6.20. The number of rotatable bonds is 3. The highest BCUT2D eigenvalue weighted by Gasteiger charge is 2.42. The Morgan fingerprint density at radius 3 is 2.81 bits per heavy atom. The molecule has 3 atom stereocenters. The summed E-state index contributed by atoms with van der Waals surface area (Å²) in [4.78, 5) is 14.2. The molecular weight excluding hydrogens is 262 g/mol. The fraction of sp³-hybridized carbons (Fsp3) is 0.500. The van der Waals surface area contributed by atoms with Gasteiger partial charge in [0.2, 0.25) is 0 Å². The van der Waals surface area contributed by atoms with Crippen LogP contribution in [0.1, 0.15) is 24.8 Å². The van der Waals surface area contributed by atoms with Crippen molar-refractivity contribution in [3.63, 3.8) is 0 Å². The zero-order valence-corrected chi connectivity index (χ0v) is 12.8. The van der Waals surface area contributed by atoms with Crippen LogP contribution in [0.4, 0.5) is 0 Å². The first-order valence-electron chi connectivity index (χ1n) is 7.74. The summed E-state index contributed by atoms with van der Waals surface area (Å²) in [6, 6.07) is 11.7. The van der Waals surface area contributed by atoms with Gasteiger partial charge in [0, 0.05) is 18.2 Å². The molecule has 2 fully saturated rings. The van der Waals surface area contributed by atoms with Crippen molar-refractivity contribution >= 4 is 5.97 Å². The van der Waals surface area contributed by atoms with Crippen LogP contribution in [0.3, 0.4) is 0 Å². The van der Waals surface area contributed by atoms with E-state index in [9.17, 15) is 4.79 Å². The highest BCUT2D eigenvalue weighted by atomic mass is 16.5. The Morgan fingerprint density at radius 1 is 1.33 bits per heavy atom. The van der Waals surface area contributed by atoms with E-state index in [-0.39, 0.29) is 5.97 Å². The van der Waals surface area contributed by atoms with Gasteiger partial charge in [0.1, 0.15) is 0 Å². The van der Waals surface area contributed by atoms with E-state index >= 15 is 0 Å². The van der Waals surface area contributed by atoms with Crippen LogP contribution in [0.25, 0.3) is 0 Å². The number of hydrogen-bond acceptors (Lipinski definition) is 3. The van der Waals surface area contributed by atoms with Crippen LogP contribution in [-0.2, 0) is 16.0 Å². The molecule has 0 aromatic heterocycles. The second-order valence-corrected chi connectivity index (χ2v) is 6.20. The molecule has 3 nitrogen and oxygen atoms in total. The van der Waals surface area contributed by atoms with Crippen LogP contribution in [0.2, 0.25) is 0 Å². The van der Waals surface area contributed by atoms with E-state index in [2.05, 4.69) is 36.2 Å². The van der Waals surface area contributed by atoms with Crippen LogP contribution >= 0.6 is 0 Å². The monoisotopic (exact) mass is 285 g/mol. The average molecular weight is 285 g/mol. The molecule has 3 rings (SSSR count). The van der Waals surface area contributed by atoms with Gasteiger partial charge in [0.15, 0.2) is 0 Å². The molecular formula is C18H23NO2. The average Bonchev–Trinajstić information content (AvgIpc) is 2.75. The standard InChI is InChI=1S/C18H23NO2/c1-19-15-8-9-17(19)16(12-18(20)21-2)14(11-15)10-13-6-4-3-5-7-13/h3-7,12,14-15,17H,8-11H2,1-2H3/b16-12+/t14-,15-,17+/m0/s1. The SMILES string of the molecule is COC(=O)/C=C1\[C@@H](Cc2ccccc2)C[C@@H]2CC[C@H]1N2C. The van der Waals surface area contributed by atoms with Gasteiger partial charge in [-0.05, 0) is 49.8 Å². The van der Waals surface area contributed by atoms with Crippen LogP contribution in [-0.4, -0.2) is 37.1 Å². The highest BCUT2D eigenvalue weighted by Crippen LogP contribution is 2.42. The Kier molecular flexibility index (Phi) is 4.11. The van der Waals surface area contributed by atoms with Gasteiger partial charge < -0.3 is 4.74 Å². The Bertz CT molecular complexity index is 537. The maximum atomic E-state index is 11.7. The zero-order chi connectivity index (χ0) is 14.8. The Labute approximate surface area is 126 Å². The number of benzene rings is 1. The summed E-state index contributed by atoms with van der Waals surface area (Å²) in [5.41, 5.74) is 2.61. The third-order valence-electron chi connectivity index (χ3n) is 5.06. The van der Waals surface area contributed by atoms with Gasteiger partial charge in [0.25, 0.3) is 0 Å². The van der Waals surface area contributed by atoms with E-state index in [0.717, 1.165) is 19.3 Å². The fourth-order valence-corrected chi connectivity index (χ4v) is 3.94. The normalized spacial score (nSPS) is 30.6. The molecule has 0 aliphatic carbocycles. The molecule has 2 heterocycles. The molecule has 0 radical (unpaired) electrons. The second kappa shape index (κ2) is 6.02. The van der Waals surface area contributed by atoms with Gasteiger partial charge >= 0.3 is 5.97 Å². The lowest BCUT2D eigenvalue weighted by Gasteiger charge is -2.39. The smallest absolute Gasteiger partial charge is 0.330 e. The fourth-order valence-electron chi connectivity index (χ4n) is 3.94. The molecule has 1 aromatic rings. The van der Waals surface area contributed by atoms with E-state index in [0.29, 0.717) is 18.0 Å². The van der Waals surface area contributed by atoms with Gasteiger partial charge in [0.05, 0.1) is 7.11 Å². The summed E-state index contributed by atoms with van der Waals surface area (Å²) in [5, 5.41) is 0. The number of piperidine rings is 1. The maximum Gasteiger partial charge on any atom is 0.330 e. The molecule has 0 saturated carbocycles. The maximum absolute atomic E-state index is 11.7. The molecule has 2 aliphatic rings. The Hall–Kier alpha value is -1.61. The van der Waals surface area contributed by atoms with E-state index < -0.39 is 0 Å². The zero-order valence-electron chi connectivity index (χ0n) is 12.8. The number of carbonyl (C=O) groups excluding carboxylic acids is 1. The third kappa shape index (κ3) is 2.88. The minimum absolute atomic E-state index is 0.221. The highest BCUT2D eigenvalue weighted by molar-refractivity contribution is 5.83. The van der Waals surface area contributed by atoms with Crippen molar-refractivity contribution in [2.24, 2.45) is 5.92 Å². The van der Waals surface area contributed by atoms with E-state index in [1.54, 1.807) is 6.08 Å². The van der Waals surface area contributed by atoms with Crippen molar-refractivity contribution in [1.29, 1.82) is 0 Å². The Morgan fingerprint density at radius 2 is 2.10 bits per heavy atom. The molecule has 0 unspecified atom stereocenters. The summed E-state index contributed by atoms with van der Waals surface area (Å²) in [6.45, 7) is 0. The topological polar surface area (TPSA) is 29.5 Å². The van der Waals surface area contributed by atoms with Crippen molar-refractivity contribution in [2.45, 2.75) is 37.8 Å². The minimum Gasteiger partial charge on any atom is -0.466 e. The van der Waals surface area contributed by atoms with Crippen LogP contribution in [0.5, 0.6) is 0 Å². The number of fused-ring (bicyclic) bond motifs is 2. The van der Waals surface area contributed by atoms with Crippen LogP contribution < -0.4 is 0 Å². The largest absolute Gasteiger partial charge is 0.466 e. The minimum atomic E-state index is -0.221. The van der Waals surface area contributed by atoms with E-state index in [1.807, 2.05) is 6.07 Å². The molecule has 2 aliphatic heterocycles. The van der Waals surface area contributed by atoms with Gasteiger partial charge in [-0.15, -0.1) is 0 Å². The first kappa shape index (κ1) is 14.3. The molecule has 1 aromatic carbocycles. The summed E-state index contributed by atoms with van der Waals surface area (Å²) in [7, 11) is 3.64. The van der Waals surface area contributed by atoms with Gasteiger partial charge in [-0.2, -0.15) is 0 Å². The molecule has 3 heteroatoms. The van der Waals surface area contributed by atoms with Crippen molar-refractivity contribution in [3.05, 3.63) is 47.5 Å². The van der Waals surface area contributed by atoms with Crippen LogP contribution in [0.15, 0.2) is 42.0 Å². The van der Waals surface area contributed by atoms with E-state index in [4.69, 9.17) is 4.74 Å². The molecule has 0 N–H and O–H groups in total. The summed E-state index contributed by atoms with van der Waals surface area (Å²) in [6.07, 6.45) is 6.31. The first-order chi connectivity index (χ1) is 10.2. The molecule has 2 saturated heterocycles.